The Kier molecular flexibility index (Phi) is 4.15. The van der Waals surface area contributed by atoms with Crippen molar-refractivity contribution >= 4 is 0 Å². The Bertz CT molecular complexity index is 194. The minimum absolute atomic E-state index is 0.0449. The third-order valence-electron chi connectivity index (χ3n) is 3.26. The van der Waals surface area contributed by atoms with Crippen LogP contribution in [0.15, 0.2) is 0 Å². The molecule has 1 rings (SSSR count). The lowest BCUT2D eigenvalue weighted by Gasteiger charge is -2.40. The van der Waals surface area contributed by atoms with Crippen molar-refractivity contribution in [2.45, 2.75) is 52.9 Å². The number of nitrogens with zero attached hydrogens (tertiary/aromatic N) is 1. The zero-order chi connectivity index (χ0) is 11.6. The van der Waals surface area contributed by atoms with Gasteiger partial charge >= 0.3 is 0 Å². The van der Waals surface area contributed by atoms with Gasteiger partial charge in [0.05, 0.1) is 18.3 Å². The van der Waals surface area contributed by atoms with Crippen LogP contribution in [0, 0.1) is 5.41 Å². The summed E-state index contributed by atoms with van der Waals surface area (Å²) < 4.78 is 5.69. The highest BCUT2D eigenvalue weighted by atomic mass is 16.5. The van der Waals surface area contributed by atoms with Crippen LogP contribution in [-0.2, 0) is 4.74 Å². The number of hydrogen-bond acceptors (Lipinski definition) is 3. The van der Waals surface area contributed by atoms with E-state index in [4.69, 9.17) is 4.74 Å². The van der Waals surface area contributed by atoms with Crippen LogP contribution in [0.2, 0.25) is 0 Å². The normalized spacial score (nSPS) is 31.6. The Morgan fingerprint density at radius 1 is 1.33 bits per heavy atom. The van der Waals surface area contributed by atoms with Crippen molar-refractivity contribution in [2.24, 2.45) is 5.41 Å². The highest BCUT2D eigenvalue weighted by molar-refractivity contribution is 4.82. The van der Waals surface area contributed by atoms with Crippen molar-refractivity contribution in [3.63, 3.8) is 0 Å². The Labute approximate surface area is 93.4 Å². The van der Waals surface area contributed by atoms with E-state index in [0.29, 0.717) is 12.2 Å². The molecule has 90 valence electrons. The molecule has 0 saturated carbocycles. The number of aliphatic hydroxyl groups excluding tert-OH is 1. The van der Waals surface area contributed by atoms with Crippen molar-refractivity contribution in [1.29, 1.82) is 0 Å². The van der Waals surface area contributed by atoms with Gasteiger partial charge in [-0.3, -0.25) is 4.90 Å². The fraction of sp³-hybridized carbons (Fsp3) is 1.00. The molecule has 1 fully saturated rings. The summed E-state index contributed by atoms with van der Waals surface area (Å²) in [7, 11) is 0. The quantitative estimate of drug-likeness (QED) is 0.774. The lowest BCUT2D eigenvalue weighted by molar-refractivity contribution is -0.0840. The molecule has 1 aliphatic heterocycles. The first kappa shape index (κ1) is 12.9. The zero-order valence-electron chi connectivity index (χ0n) is 10.7. The third kappa shape index (κ3) is 3.74. The third-order valence-corrected chi connectivity index (χ3v) is 3.26. The molecule has 3 nitrogen and oxygen atoms in total. The minimum Gasteiger partial charge on any atom is -0.393 e. The maximum absolute atomic E-state index is 9.68. The zero-order valence-corrected chi connectivity index (χ0v) is 10.7. The van der Waals surface area contributed by atoms with Crippen LogP contribution in [0.3, 0.4) is 0 Å². The summed E-state index contributed by atoms with van der Waals surface area (Å²) in [5, 5.41) is 9.68. The fourth-order valence-electron chi connectivity index (χ4n) is 2.12. The van der Waals surface area contributed by atoms with E-state index < -0.39 is 0 Å². The molecule has 0 spiro atoms. The van der Waals surface area contributed by atoms with Gasteiger partial charge in [0.25, 0.3) is 0 Å². The number of morpholine rings is 1. The molecular formula is C12H25NO2. The topological polar surface area (TPSA) is 32.7 Å². The first-order valence-corrected chi connectivity index (χ1v) is 5.87. The molecule has 15 heavy (non-hydrogen) atoms. The summed E-state index contributed by atoms with van der Waals surface area (Å²) >= 11 is 0. The fourth-order valence-corrected chi connectivity index (χ4v) is 2.12. The molecule has 0 radical (unpaired) electrons. The molecule has 1 heterocycles. The van der Waals surface area contributed by atoms with E-state index in [9.17, 15) is 5.11 Å². The summed E-state index contributed by atoms with van der Waals surface area (Å²) in [4.78, 5) is 2.39. The van der Waals surface area contributed by atoms with E-state index in [0.717, 1.165) is 19.6 Å². The molecule has 0 aromatic heterocycles. The number of aliphatic hydroxyl groups is 1. The van der Waals surface area contributed by atoms with Crippen LogP contribution in [0.25, 0.3) is 0 Å². The summed E-state index contributed by atoms with van der Waals surface area (Å²) in [5.41, 5.74) is -0.0449. The maximum atomic E-state index is 9.68. The predicted molar refractivity (Wildman–Crippen MR) is 61.9 cm³/mol. The van der Waals surface area contributed by atoms with Crippen molar-refractivity contribution in [1.82, 2.24) is 4.90 Å². The molecule has 1 N–H and O–H groups in total. The molecule has 1 unspecified atom stereocenters. The number of ether oxygens (including phenoxy) is 1. The van der Waals surface area contributed by atoms with E-state index in [2.05, 4.69) is 32.6 Å². The van der Waals surface area contributed by atoms with Crippen LogP contribution in [0.4, 0.5) is 0 Å². The summed E-state index contributed by atoms with van der Waals surface area (Å²) in [6.07, 6.45) is 0.336. The largest absolute Gasteiger partial charge is 0.393 e. The van der Waals surface area contributed by atoms with Gasteiger partial charge in [0.1, 0.15) is 0 Å². The van der Waals surface area contributed by atoms with Gasteiger partial charge < -0.3 is 9.84 Å². The average molecular weight is 215 g/mol. The summed E-state index contributed by atoms with van der Waals surface area (Å²) in [5.74, 6) is 0. The Balaban J connectivity index is 2.50. The van der Waals surface area contributed by atoms with Gasteiger partial charge in [-0.1, -0.05) is 13.8 Å². The molecule has 0 aromatic carbocycles. The Morgan fingerprint density at radius 3 is 2.20 bits per heavy atom. The first-order valence-electron chi connectivity index (χ1n) is 5.87. The lowest BCUT2D eigenvalue weighted by atomic mass is 9.86. The van der Waals surface area contributed by atoms with Gasteiger partial charge in [0, 0.05) is 25.0 Å². The van der Waals surface area contributed by atoms with Crippen LogP contribution in [0.1, 0.15) is 34.6 Å². The Hall–Kier alpha value is -0.120. The second kappa shape index (κ2) is 4.81. The number of hydrogen-bond donors (Lipinski definition) is 1. The Morgan fingerprint density at radius 2 is 1.80 bits per heavy atom. The molecule has 1 aliphatic rings. The molecule has 1 saturated heterocycles. The van der Waals surface area contributed by atoms with Gasteiger partial charge in [-0.2, -0.15) is 0 Å². The average Bonchev–Trinajstić information content (AvgIpc) is 1.99. The van der Waals surface area contributed by atoms with Crippen molar-refractivity contribution < 1.29 is 9.84 Å². The molecule has 3 atom stereocenters. The first-order chi connectivity index (χ1) is 6.81. The van der Waals surface area contributed by atoms with Crippen molar-refractivity contribution in [3.8, 4) is 0 Å². The summed E-state index contributed by atoms with van der Waals surface area (Å²) in [6, 6.07) is 0. The SMILES string of the molecule is CC(O)C(C)(C)CN1C[C@@H](C)O[C@@H](C)C1. The van der Waals surface area contributed by atoms with Crippen molar-refractivity contribution in [3.05, 3.63) is 0 Å². The predicted octanol–water partition coefficient (Wildman–Crippen LogP) is 1.50. The highest BCUT2D eigenvalue weighted by Gasteiger charge is 2.30. The molecule has 0 aliphatic carbocycles. The van der Waals surface area contributed by atoms with E-state index in [1.165, 1.54) is 0 Å². The summed E-state index contributed by atoms with van der Waals surface area (Å²) in [6.45, 7) is 13.2. The van der Waals surface area contributed by atoms with Gasteiger partial charge in [0.15, 0.2) is 0 Å². The second-order valence-corrected chi connectivity index (χ2v) is 5.62. The molecular weight excluding hydrogens is 190 g/mol. The van der Waals surface area contributed by atoms with E-state index in [1.54, 1.807) is 0 Å². The van der Waals surface area contributed by atoms with Gasteiger partial charge in [0.2, 0.25) is 0 Å². The van der Waals surface area contributed by atoms with Crippen molar-refractivity contribution in [2.75, 3.05) is 19.6 Å². The smallest absolute Gasteiger partial charge is 0.0678 e. The highest BCUT2D eigenvalue weighted by Crippen LogP contribution is 2.24. The maximum Gasteiger partial charge on any atom is 0.0678 e. The monoisotopic (exact) mass is 215 g/mol. The van der Waals surface area contributed by atoms with Gasteiger partial charge in [-0.05, 0) is 20.8 Å². The van der Waals surface area contributed by atoms with Crippen LogP contribution in [0.5, 0.6) is 0 Å². The minimum atomic E-state index is -0.272. The van der Waals surface area contributed by atoms with Gasteiger partial charge in [-0.15, -0.1) is 0 Å². The molecule has 3 heteroatoms. The van der Waals surface area contributed by atoms with Crippen LogP contribution in [-0.4, -0.2) is 48.0 Å². The van der Waals surface area contributed by atoms with Gasteiger partial charge in [-0.25, -0.2) is 0 Å². The number of rotatable bonds is 3. The standard InChI is InChI=1S/C12H25NO2/c1-9-6-13(7-10(2)15-9)8-12(4,5)11(3)14/h9-11,14H,6-8H2,1-5H3/t9-,10+,11?. The van der Waals surface area contributed by atoms with E-state index >= 15 is 0 Å². The molecule has 0 aromatic rings. The van der Waals surface area contributed by atoms with E-state index in [-0.39, 0.29) is 11.5 Å². The molecule has 0 bridgehead atoms. The molecule has 0 amide bonds. The van der Waals surface area contributed by atoms with E-state index in [1.807, 2.05) is 6.92 Å². The van der Waals surface area contributed by atoms with Crippen LogP contribution >= 0.6 is 0 Å². The second-order valence-electron chi connectivity index (χ2n) is 5.62. The van der Waals surface area contributed by atoms with Crippen LogP contribution < -0.4 is 0 Å². The lowest BCUT2D eigenvalue weighted by Crippen LogP contribution is -2.50.